The van der Waals surface area contributed by atoms with Gasteiger partial charge in [-0.2, -0.15) is 0 Å². The van der Waals surface area contributed by atoms with E-state index in [1.54, 1.807) is 12.1 Å². The third-order valence-corrected chi connectivity index (χ3v) is 4.66. The molecule has 5 nitrogen and oxygen atoms in total. The quantitative estimate of drug-likeness (QED) is 0.735. The number of anilines is 2. The molecule has 0 aromatic heterocycles. The third kappa shape index (κ3) is 4.44. The van der Waals surface area contributed by atoms with E-state index < -0.39 is 0 Å². The van der Waals surface area contributed by atoms with Gasteiger partial charge in [-0.15, -0.1) is 0 Å². The van der Waals surface area contributed by atoms with E-state index in [1.807, 2.05) is 24.3 Å². The Morgan fingerprint density at radius 3 is 2.44 bits per heavy atom. The molecule has 0 unspecified atom stereocenters. The van der Waals surface area contributed by atoms with Crippen molar-refractivity contribution < 1.29 is 14.6 Å². The molecule has 2 aromatic carbocycles. The minimum absolute atomic E-state index is 0.105. The van der Waals surface area contributed by atoms with Crippen molar-refractivity contribution >= 4 is 17.3 Å². The Morgan fingerprint density at radius 2 is 1.80 bits per heavy atom. The van der Waals surface area contributed by atoms with E-state index in [0.29, 0.717) is 11.4 Å². The number of amides is 1. The first-order chi connectivity index (χ1) is 12.2. The summed E-state index contributed by atoms with van der Waals surface area (Å²) in [6.07, 6.45) is 5.31. The molecule has 0 heterocycles. The van der Waals surface area contributed by atoms with Crippen LogP contribution in [-0.4, -0.2) is 24.7 Å². The van der Waals surface area contributed by atoms with Crippen molar-refractivity contribution in [3.63, 3.8) is 0 Å². The Bertz CT molecular complexity index is 722. The first-order valence-corrected chi connectivity index (χ1v) is 8.68. The molecule has 2 aromatic rings. The topological polar surface area (TPSA) is 70.6 Å². The summed E-state index contributed by atoms with van der Waals surface area (Å²) in [6.45, 7) is 1.01. The predicted octanol–water partition coefficient (Wildman–Crippen LogP) is 4.26. The zero-order valence-corrected chi connectivity index (χ0v) is 14.4. The Morgan fingerprint density at radius 1 is 1.12 bits per heavy atom. The molecule has 1 saturated carbocycles. The van der Waals surface area contributed by atoms with Crippen LogP contribution in [0.2, 0.25) is 0 Å². The number of phenols is 1. The molecule has 25 heavy (non-hydrogen) atoms. The maximum Gasteiger partial charge on any atom is 0.259 e. The summed E-state index contributed by atoms with van der Waals surface area (Å²) in [5.74, 6) is 0.822. The molecular formula is C20H24N2O3. The number of ether oxygens (including phenoxy) is 1. The fraction of sp³-hybridized carbons (Fsp3) is 0.350. The summed E-state index contributed by atoms with van der Waals surface area (Å²) in [5, 5.41) is 16.2. The number of carbonyl (C=O) groups excluding carboxylic acids is 1. The number of hydrogen-bond donors (Lipinski definition) is 3. The van der Waals surface area contributed by atoms with Crippen molar-refractivity contribution in [2.24, 2.45) is 5.92 Å². The molecule has 0 saturated heterocycles. The van der Waals surface area contributed by atoms with Gasteiger partial charge in [-0.1, -0.05) is 12.8 Å². The van der Waals surface area contributed by atoms with E-state index in [9.17, 15) is 9.90 Å². The van der Waals surface area contributed by atoms with Gasteiger partial charge in [0.05, 0.1) is 12.7 Å². The molecule has 5 heteroatoms. The van der Waals surface area contributed by atoms with Gasteiger partial charge in [0.25, 0.3) is 5.91 Å². The zero-order valence-electron chi connectivity index (χ0n) is 14.4. The van der Waals surface area contributed by atoms with Crippen LogP contribution < -0.4 is 15.4 Å². The Kier molecular flexibility index (Phi) is 5.43. The van der Waals surface area contributed by atoms with Gasteiger partial charge < -0.3 is 20.5 Å². The van der Waals surface area contributed by atoms with Crippen LogP contribution in [0.25, 0.3) is 0 Å². The van der Waals surface area contributed by atoms with E-state index in [-0.39, 0.29) is 17.2 Å². The molecule has 0 radical (unpaired) electrons. The summed E-state index contributed by atoms with van der Waals surface area (Å²) in [6, 6.07) is 12.2. The molecule has 0 bridgehead atoms. The average Bonchev–Trinajstić information content (AvgIpc) is 3.14. The van der Waals surface area contributed by atoms with Crippen molar-refractivity contribution in [1.29, 1.82) is 0 Å². The van der Waals surface area contributed by atoms with Crippen LogP contribution in [-0.2, 0) is 0 Å². The van der Waals surface area contributed by atoms with Crippen LogP contribution in [0.15, 0.2) is 42.5 Å². The number of carbonyl (C=O) groups is 1. The van der Waals surface area contributed by atoms with Crippen LogP contribution in [0.1, 0.15) is 36.0 Å². The van der Waals surface area contributed by atoms with Crippen LogP contribution in [0.3, 0.4) is 0 Å². The Balaban J connectivity index is 1.58. The molecule has 1 amide bonds. The summed E-state index contributed by atoms with van der Waals surface area (Å²) in [4.78, 5) is 12.3. The van der Waals surface area contributed by atoms with Gasteiger partial charge >= 0.3 is 0 Å². The van der Waals surface area contributed by atoms with Gasteiger partial charge in [-0.3, -0.25) is 4.79 Å². The van der Waals surface area contributed by atoms with Crippen LogP contribution in [0.4, 0.5) is 11.4 Å². The summed E-state index contributed by atoms with van der Waals surface area (Å²) in [7, 11) is 1.51. The Hall–Kier alpha value is -2.69. The summed E-state index contributed by atoms with van der Waals surface area (Å²) >= 11 is 0. The standard InChI is InChI=1S/C20H24N2O3/c1-25-17-10-11-18(19(23)12-17)20(24)22-16-8-6-15(7-9-16)21-13-14-4-2-3-5-14/h6-12,14,21,23H,2-5,13H2,1H3,(H,22,24). The lowest BCUT2D eigenvalue weighted by atomic mass is 10.1. The monoisotopic (exact) mass is 340 g/mol. The minimum Gasteiger partial charge on any atom is -0.507 e. The molecule has 3 rings (SSSR count). The molecule has 1 aliphatic rings. The molecule has 1 aliphatic carbocycles. The van der Waals surface area contributed by atoms with E-state index >= 15 is 0 Å². The van der Waals surface area contributed by atoms with E-state index in [4.69, 9.17) is 4.74 Å². The van der Waals surface area contributed by atoms with Gasteiger partial charge in [-0.25, -0.2) is 0 Å². The SMILES string of the molecule is COc1ccc(C(=O)Nc2ccc(NCC3CCCC3)cc2)c(O)c1. The lowest BCUT2D eigenvalue weighted by molar-refractivity contribution is 0.102. The summed E-state index contributed by atoms with van der Waals surface area (Å²) < 4.78 is 5.02. The minimum atomic E-state index is -0.355. The number of benzene rings is 2. The van der Waals surface area contributed by atoms with Crippen molar-refractivity contribution in [1.82, 2.24) is 0 Å². The first-order valence-electron chi connectivity index (χ1n) is 8.68. The van der Waals surface area contributed by atoms with Gasteiger partial charge in [0.15, 0.2) is 0 Å². The maximum absolute atomic E-state index is 12.3. The number of aromatic hydroxyl groups is 1. The molecule has 1 fully saturated rings. The predicted molar refractivity (Wildman–Crippen MR) is 99.5 cm³/mol. The zero-order chi connectivity index (χ0) is 17.6. The normalized spacial score (nSPS) is 14.3. The smallest absolute Gasteiger partial charge is 0.259 e. The average molecular weight is 340 g/mol. The first kappa shape index (κ1) is 17.1. The van der Waals surface area contributed by atoms with Gasteiger partial charge in [-0.05, 0) is 55.2 Å². The van der Waals surface area contributed by atoms with Gasteiger partial charge in [0.2, 0.25) is 0 Å². The maximum atomic E-state index is 12.3. The van der Waals surface area contributed by atoms with Crippen molar-refractivity contribution in [3.8, 4) is 11.5 Å². The lowest BCUT2D eigenvalue weighted by Crippen LogP contribution is -2.13. The van der Waals surface area contributed by atoms with Crippen LogP contribution >= 0.6 is 0 Å². The highest BCUT2D eigenvalue weighted by molar-refractivity contribution is 6.06. The van der Waals surface area contributed by atoms with Gasteiger partial charge in [0, 0.05) is 24.0 Å². The highest BCUT2D eigenvalue weighted by Gasteiger charge is 2.15. The van der Waals surface area contributed by atoms with E-state index in [0.717, 1.165) is 18.2 Å². The largest absolute Gasteiger partial charge is 0.507 e. The highest BCUT2D eigenvalue weighted by atomic mass is 16.5. The molecule has 3 N–H and O–H groups in total. The van der Waals surface area contributed by atoms with Crippen LogP contribution in [0.5, 0.6) is 11.5 Å². The fourth-order valence-electron chi connectivity index (χ4n) is 3.18. The number of rotatable bonds is 6. The van der Waals surface area contributed by atoms with Gasteiger partial charge in [0.1, 0.15) is 11.5 Å². The van der Waals surface area contributed by atoms with Crippen molar-refractivity contribution in [3.05, 3.63) is 48.0 Å². The second kappa shape index (κ2) is 7.92. The number of phenolic OH excluding ortho intramolecular Hbond substituents is 1. The van der Waals surface area contributed by atoms with Crippen molar-refractivity contribution in [2.45, 2.75) is 25.7 Å². The molecular weight excluding hydrogens is 316 g/mol. The lowest BCUT2D eigenvalue weighted by Gasteiger charge is -2.12. The molecule has 0 spiro atoms. The number of hydrogen-bond acceptors (Lipinski definition) is 4. The Labute approximate surface area is 148 Å². The number of nitrogens with one attached hydrogen (secondary N) is 2. The van der Waals surface area contributed by atoms with Crippen LogP contribution in [0, 0.1) is 5.92 Å². The second-order valence-electron chi connectivity index (χ2n) is 6.45. The van der Waals surface area contributed by atoms with E-state index in [1.165, 1.54) is 38.9 Å². The summed E-state index contributed by atoms with van der Waals surface area (Å²) in [5.41, 5.74) is 1.95. The highest BCUT2D eigenvalue weighted by Crippen LogP contribution is 2.26. The molecule has 0 atom stereocenters. The second-order valence-corrected chi connectivity index (χ2v) is 6.45. The fourth-order valence-corrected chi connectivity index (χ4v) is 3.18. The van der Waals surface area contributed by atoms with Crippen molar-refractivity contribution in [2.75, 3.05) is 24.3 Å². The molecule has 132 valence electrons. The molecule has 0 aliphatic heterocycles. The third-order valence-electron chi connectivity index (χ3n) is 4.66. The van der Waals surface area contributed by atoms with E-state index in [2.05, 4.69) is 10.6 Å². The number of methoxy groups -OCH3 is 1.